The first-order chi connectivity index (χ1) is 20.4. The van der Waals surface area contributed by atoms with E-state index >= 15 is 0 Å². The molecule has 1 atom stereocenters. The number of thiazole rings is 1. The molecule has 0 spiro atoms. The Labute approximate surface area is 250 Å². The van der Waals surface area contributed by atoms with Crippen LogP contribution in [0.15, 0.2) is 64.1 Å². The Hall–Kier alpha value is -3.59. The van der Waals surface area contributed by atoms with Crippen LogP contribution in [0.2, 0.25) is 0 Å². The third kappa shape index (κ3) is 5.23. The third-order valence-corrected chi connectivity index (χ3v) is 11.6. The second kappa shape index (κ2) is 10.9. The van der Waals surface area contributed by atoms with E-state index in [9.17, 15) is 13.2 Å². The molecule has 14 heteroatoms. The van der Waals surface area contributed by atoms with Crippen LogP contribution in [0.25, 0.3) is 22.4 Å². The van der Waals surface area contributed by atoms with Gasteiger partial charge in [0.25, 0.3) is 5.56 Å². The Morgan fingerprint density at radius 3 is 2.69 bits per heavy atom. The Bertz CT molecular complexity index is 1930. The molecule has 0 bridgehead atoms. The molecule has 216 valence electrons. The topological polar surface area (TPSA) is 137 Å². The molecule has 2 N–H and O–H groups in total. The van der Waals surface area contributed by atoms with E-state index in [1.807, 2.05) is 29.3 Å². The number of fused-ring (bicyclic) bond motifs is 1. The van der Waals surface area contributed by atoms with Crippen LogP contribution < -0.4 is 16.2 Å². The fourth-order valence-electron chi connectivity index (χ4n) is 5.06. The summed E-state index contributed by atoms with van der Waals surface area (Å²) in [6.45, 7) is 2.21. The van der Waals surface area contributed by atoms with Crippen molar-refractivity contribution in [2.75, 3.05) is 24.2 Å². The van der Waals surface area contributed by atoms with Crippen LogP contribution in [0.1, 0.15) is 28.7 Å². The van der Waals surface area contributed by atoms with Crippen molar-refractivity contribution in [1.29, 1.82) is 0 Å². The molecule has 1 aliphatic carbocycles. The largest absolute Gasteiger partial charge is 0.332 e. The van der Waals surface area contributed by atoms with E-state index in [0.717, 1.165) is 29.5 Å². The van der Waals surface area contributed by atoms with Crippen molar-refractivity contribution in [3.63, 3.8) is 0 Å². The molecule has 1 unspecified atom stereocenters. The summed E-state index contributed by atoms with van der Waals surface area (Å²) in [7, 11) is -1.82. The molecule has 5 aromatic rings. The molecule has 0 radical (unpaired) electrons. The highest BCUT2D eigenvalue weighted by molar-refractivity contribution is 7.99. The first kappa shape index (κ1) is 27.3. The van der Waals surface area contributed by atoms with E-state index in [1.54, 1.807) is 34.6 Å². The van der Waals surface area contributed by atoms with E-state index in [0.29, 0.717) is 35.1 Å². The molecule has 1 saturated heterocycles. The standard InChI is InChI=1S/C28H28N8O3S3/c1-35-16-24(42(38,39)20-6-7-20)33-26(35)21-12-18-13-31-28(34-25(18)36(27(21)37)15-23-30-9-11-41-23)32-19-4-2-17(3-5-19)22-14-29-8-10-40-22/h2-5,9,11-13,16,20,22,29H,6-8,10,14-15H2,1H3,(H,31,32,34). The lowest BCUT2D eigenvalue weighted by molar-refractivity contribution is 0.591. The van der Waals surface area contributed by atoms with Crippen molar-refractivity contribution in [2.24, 2.45) is 7.05 Å². The molecular formula is C28H28N8O3S3. The molecule has 11 nitrogen and oxygen atoms in total. The smallest absolute Gasteiger partial charge is 0.263 e. The van der Waals surface area contributed by atoms with Gasteiger partial charge in [0.15, 0.2) is 14.9 Å². The van der Waals surface area contributed by atoms with Crippen molar-refractivity contribution < 1.29 is 8.42 Å². The van der Waals surface area contributed by atoms with Crippen molar-refractivity contribution in [3.05, 3.63) is 75.2 Å². The molecule has 1 aliphatic heterocycles. The van der Waals surface area contributed by atoms with Gasteiger partial charge in [0, 0.05) is 66.2 Å². The lowest BCUT2D eigenvalue weighted by Crippen LogP contribution is -2.28. The monoisotopic (exact) mass is 620 g/mol. The molecule has 42 heavy (non-hydrogen) atoms. The molecule has 0 amide bonds. The van der Waals surface area contributed by atoms with Crippen LogP contribution in [0.3, 0.4) is 0 Å². The van der Waals surface area contributed by atoms with Crippen LogP contribution in [0, 0.1) is 0 Å². The van der Waals surface area contributed by atoms with Crippen LogP contribution in [0.5, 0.6) is 0 Å². The Balaban J connectivity index is 1.26. The van der Waals surface area contributed by atoms with Gasteiger partial charge in [-0.3, -0.25) is 9.36 Å². The number of benzene rings is 1. The zero-order chi connectivity index (χ0) is 28.8. The highest BCUT2D eigenvalue weighted by Crippen LogP contribution is 2.34. The van der Waals surface area contributed by atoms with Crippen LogP contribution in [0.4, 0.5) is 11.6 Å². The predicted molar refractivity (Wildman–Crippen MR) is 165 cm³/mol. The second-order valence-corrected chi connectivity index (χ2v) is 14.9. The normalized spacial score (nSPS) is 17.5. The minimum absolute atomic E-state index is 0.00590. The van der Waals surface area contributed by atoms with Crippen LogP contribution in [-0.2, 0) is 23.4 Å². The maximum Gasteiger partial charge on any atom is 0.263 e. The van der Waals surface area contributed by atoms with Gasteiger partial charge in [-0.1, -0.05) is 12.1 Å². The fraction of sp³-hybridized carbons (Fsp3) is 0.321. The van der Waals surface area contributed by atoms with Gasteiger partial charge in [-0.15, -0.1) is 11.3 Å². The number of hydrogen-bond acceptors (Lipinski definition) is 11. The number of nitrogens with zero attached hydrogens (tertiary/aromatic N) is 6. The van der Waals surface area contributed by atoms with Crippen molar-refractivity contribution in [1.82, 2.24) is 34.4 Å². The molecule has 2 aliphatic rings. The van der Waals surface area contributed by atoms with Crippen LogP contribution >= 0.6 is 23.1 Å². The summed E-state index contributed by atoms with van der Waals surface area (Å²) < 4.78 is 28.9. The third-order valence-electron chi connectivity index (χ3n) is 7.42. The average molecular weight is 621 g/mol. The summed E-state index contributed by atoms with van der Waals surface area (Å²) in [5, 5.41) is 9.97. The number of rotatable bonds is 8. The molecule has 7 rings (SSSR count). The van der Waals surface area contributed by atoms with Gasteiger partial charge < -0.3 is 15.2 Å². The van der Waals surface area contributed by atoms with Gasteiger partial charge in [0.05, 0.1) is 17.4 Å². The van der Waals surface area contributed by atoms with E-state index in [2.05, 4.69) is 37.7 Å². The molecular weight excluding hydrogens is 593 g/mol. The highest BCUT2D eigenvalue weighted by Gasteiger charge is 2.39. The fourth-order valence-corrected chi connectivity index (χ4v) is 8.41. The number of pyridine rings is 1. The van der Waals surface area contributed by atoms with Gasteiger partial charge >= 0.3 is 0 Å². The van der Waals surface area contributed by atoms with Gasteiger partial charge in [-0.2, -0.15) is 16.7 Å². The van der Waals surface area contributed by atoms with Crippen LogP contribution in [-0.4, -0.2) is 61.6 Å². The van der Waals surface area contributed by atoms with Crippen molar-refractivity contribution >= 4 is 55.6 Å². The number of nitrogens with one attached hydrogen (secondary N) is 2. The summed E-state index contributed by atoms with van der Waals surface area (Å²) in [4.78, 5) is 32.0. The number of anilines is 2. The maximum atomic E-state index is 14.0. The van der Waals surface area contributed by atoms with Crippen molar-refractivity contribution in [3.8, 4) is 11.4 Å². The Kier molecular flexibility index (Phi) is 7.08. The number of imidazole rings is 1. The maximum absolute atomic E-state index is 14.0. The number of thioether (sulfide) groups is 1. The minimum atomic E-state index is -3.51. The first-order valence-electron chi connectivity index (χ1n) is 13.6. The first-order valence-corrected chi connectivity index (χ1v) is 17.1. The van der Waals surface area contributed by atoms with E-state index < -0.39 is 15.1 Å². The zero-order valence-corrected chi connectivity index (χ0v) is 25.2. The SMILES string of the molecule is Cn1cc(S(=O)(=O)C2CC2)nc1-c1cc2cnc(Nc3ccc(C4CNCCS4)cc3)nc2n(Cc2nccs2)c1=O. The average Bonchev–Trinajstić information content (AvgIpc) is 3.62. The lowest BCUT2D eigenvalue weighted by Gasteiger charge is -2.22. The van der Waals surface area contributed by atoms with E-state index in [1.165, 1.54) is 23.1 Å². The molecule has 2 fully saturated rings. The molecule has 5 heterocycles. The van der Waals surface area contributed by atoms with E-state index in [4.69, 9.17) is 4.98 Å². The summed E-state index contributed by atoms with van der Waals surface area (Å²) in [5.41, 5.74) is 2.49. The minimum Gasteiger partial charge on any atom is -0.332 e. The van der Waals surface area contributed by atoms with Gasteiger partial charge in [0.2, 0.25) is 5.95 Å². The van der Waals surface area contributed by atoms with Gasteiger partial charge in [-0.25, -0.2) is 23.4 Å². The quantitative estimate of drug-likeness (QED) is 0.264. The molecule has 4 aromatic heterocycles. The predicted octanol–water partition coefficient (Wildman–Crippen LogP) is 3.75. The second-order valence-electron chi connectivity index (χ2n) is 10.4. The van der Waals surface area contributed by atoms with E-state index in [-0.39, 0.29) is 28.5 Å². The highest BCUT2D eigenvalue weighted by atomic mass is 32.2. The Morgan fingerprint density at radius 2 is 1.98 bits per heavy atom. The molecule has 1 aromatic carbocycles. The number of sulfone groups is 1. The Morgan fingerprint density at radius 1 is 1.14 bits per heavy atom. The number of aromatic nitrogens is 6. The summed E-state index contributed by atoms with van der Waals surface area (Å²) in [5.74, 6) is 1.74. The van der Waals surface area contributed by atoms with Crippen molar-refractivity contribution in [2.45, 2.75) is 34.9 Å². The number of aryl methyl sites for hydroxylation is 1. The summed E-state index contributed by atoms with van der Waals surface area (Å²) in [6.07, 6.45) is 6.11. The molecule has 1 saturated carbocycles. The number of hydrogen-bond donors (Lipinski definition) is 2. The van der Waals surface area contributed by atoms with Gasteiger partial charge in [-0.05, 0) is 36.6 Å². The zero-order valence-electron chi connectivity index (χ0n) is 22.7. The lowest BCUT2D eigenvalue weighted by atomic mass is 10.1. The summed E-state index contributed by atoms with van der Waals surface area (Å²) in [6, 6.07) is 9.93. The summed E-state index contributed by atoms with van der Waals surface area (Å²) >= 11 is 3.40. The van der Waals surface area contributed by atoms with Gasteiger partial charge in [0.1, 0.15) is 16.5 Å².